The van der Waals surface area contributed by atoms with Crippen LogP contribution in [0.4, 0.5) is 0 Å². The van der Waals surface area contributed by atoms with Crippen LogP contribution >= 0.6 is 0 Å². The van der Waals surface area contributed by atoms with E-state index in [0.29, 0.717) is 6.42 Å². The summed E-state index contributed by atoms with van der Waals surface area (Å²) in [5.74, 6) is 0. The van der Waals surface area contributed by atoms with Crippen LogP contribution in [-0.2, 0) is 0 Å². The molecule has 0 saturated heterocycles. The van der Waals surface area contributed by atoms with Crippen molar-refractivity contribution in [1.29, 1.82) is 0 Å². The molecule has 0 unspecified atom stereocenters. The highest BCUT2D eigenvalue weighted by Gasteiger charge is 2.06. The number of nitrogens with one attached hydrogen (secondary N) is 1. The third kappa shape index (κ3) is 1.62. The number of aliphatic hydroxyl groups is 1. The number of pyridine rings is 1. The van der Waals surface area contributed by atoms with E-state index in [4.69, 9.17) is 10.8 Å². The lowest BCUT2D eigenvalue weighted by Gasteiger charge is -2.09. The van der Waals surface area contributed by atoms with Gasteiger partial charge in [-0.3, -0.25) is 4.98 Å². The van der Waals surface area contributed by atoms with E-state index >= 15 is 0 Å². The SMILES string of the molecule is N[C@@H](CCO)c1cnc2cc[nH]c2c1. The number of H-pyrrole nitrogens is 1. The Morgan fingerprint density at radius 1 is 1.57 bits per heavy atom. The first-order chi connectivity index (χ1) is 6.81. The van der Waals surface area contributed by atoms with Crippen LogP contribution in [-0.4, -0.2) is 21.7 Å². The van der Waals surface area contributed by atoms with Crippen molar-refractivity contribution in [2.24, 2.45) is 5.73 Å². The van der Waals surface area contributed by atoms with Gasteiger partial charge in [-0.1, -0.05) is 0 Å². The molecule has 14 heavy (non-hydrogen) atoms. The van der Waals surface area contributed by atoms with Gasteiger partial charge in [0.1, 0.15) is 0 Å². The fraction of sp³-hybridized carbons (Fsp3) is 0.300. The molecule has 4 N–H and O–H groups in total. The van der Waals surface area contributed by atoms with Crippen LogP contribution in [0, 0.1) is 0 Å². The first kappa shape index (κ1) is 9.18. The van der Waals surface area contributed by atoms with E-state index in [1.807, 2.05) is 18.3 Å². The summed E-state index contributed by atoms with van der Waals surface area (Å²) < 4.78 is 0. The number of nitrogens with zero attached hydrogens (tertiary/aromatic N) is 1. The number of aromatic nitrogens is 2. The number of hydrogen-bond donors (Lipinski definition) is 3. The van der Waals surface area contributed by atoms with Gasteiger partial charge in [0.15, 0.2) is 0 Å². The fourth-order valence-electron chi connectivity index (χ4n) is 1.46. The van der Waals surface area contributed by atoms with Gasteiger partial charge in [0, 0.05) is 25.0 Å². The first-order valence-electron chi connectivity index (χ1n) is 4.60. The molecular formula is C10H13N3O. The fourth-order valence-corrected chi connectivity index (χ4v) is 1.46. The van der Waals surface area contributed by atoms with Gasteiger partial charge in [-0.05, 0) is 24.1 Å². The predicted molar refractivity (Wildman–Crippen MR) is 54.7 cm³/mol. The van der Waals surface area contributed by atoms with Crippen LogP contribution in [0.2, 0.25) is 0 Å². The second-order valence-electron chi connectivity index (χ2n) is 3.30. The van der Waals surface area contributed by atoms with Crippen molar-refractivity contribution in [2.75, 3.05) is 6.61 Å². The molecule has 0 bridgehead atoms. The maximum absolute atomic E-state index is 8.76. The maximum atomic E-state index is 8.76. The van der Waals surface area contributed by atoms with E-state index in [9.17, 15) is 0 Å². The Kier molecular flexibility index (Phi) is 2.47. The van der Waals surface area contributed by atoms with E-state index in [2.05, 4.69) is 9.97 Å². The molecule has 0 aromatic carbocycles. The van der Waals surface area contributed by atoms with Gasteiger partial charge >= 0.3 is 0 Å². The Hall–Kier alpha value is -1.39. The average Bonchev–Trinajstić information content (AvgIpc) is 2.64. The topological polar surface area (TPSA) is 74.9 Å². The van der Waals surface area contributed by atoms with Crippen LogP contribution in [0.25, 0.3) is 11.0 Å². The molecule has 2 aromatic rings. The van der Waals surface area contributed by atoms with Crippen LogP contribution in [0.1, 0.15) is 18.0 Å². The highest BCUT2D eigenvalue weighted by Crippen LogP contribution is 2.17. The molecule has 74 valence electrons. The summed E-state index contributed by atoms with van der Waals surface area (Å²) in [6, 6.07) is 3.75. The van der Waals surface area contributed by atoms with E-state index in [-0.39, 0.29) is 12.6 Å². The van der Waals surface area contributed by atoms with Crippen molar-refractivity contribution in [3.8, 4) is 0 Å². The second kappa shape index (κ2) is 3.77. The zero-order chi connectivity index (χ0) is 9.97. The molecule has 4 heteroatoms. The molecular weight excluding hydrogens is 178 g/mol. The lowest BCUT2D eigenvalue weighted by Crippen LogP contribution is -2.12. The third-order valence-corrected chi connectivity index (χ3v) is 2.29. The zero-order valence-electron chi connectivity index (χ0n) is 7.77. The van der Waals surface area contributed by atoms with E-state index in [1.165, 1.54) is 0 Å². The lowest BCUT2D eigenvalue weighted by atomic mass is 10.1. The number of aliphatic hydroxyl groups excluding tert-OH is 1. The summed E-state index contributed by atoms with van der Waals surface area (Å²) in [7, 11) is 0. The van der Waals surface area contributed by atoms with Crippen molar-refractivity contribution in [3.63, 3.8) is 0 Å². The number of rotatable bonds is 3. The zero-order valence-corrected chi connectivity index (χ0v) is 7.77. The predicted octanol–water partition coefficient (Wildman–Crippen LogP) is 0.945. The Balaban J connectivity index is 2.33. The van der Waals surface area contributed by atoms with Crippen molar-refractivity contribution < 1.29 is 5.11 Å². The van der Waals surface area contributed by atoms with Crippen LogP contribution in [0.3, 0.4) is 0 Å². The van der Waals surface area contributed by atoms with Crippen molar-refractivity contribution >= 4 is 11.0 Å². The van der Waals surface area contributed by atoms with E-state index in [1.54, 1.807) is 6.20 Å². The molecule has 2 rings (SSSR count). The van der Waals surface area contributed by atoms with Gasteiger partial charge in [0.25, 0.3) is 0 Å². The second-order valence-corrected chi connectivity index (χ2v) is 3.30. The minimum absolute atomic E-state index is 0.101. The number of fused-ring (bicyclic) bond motifs is 1. The number of hydrogen-bond acceptors (Lipinski definition) is 3. The molecule has 0 fully saturated rings. The summed E-state index contributed by atoms with van der Waals surface area (Å²) in [5.41, 5.74) is 8.72. The summed E-state index contributed by atoms with van der Waals surface area (Å²) in [5, 5.41) is 8.76. The minimum Gasteiger partial charge on any atom is -0.396 e. The molecule has 0 aliphatic rings. The number of nitrogens with two attached hydrogens (primary N) is 1. The van der Waals surface area contributed by atoms with Gasteiger partial charge in [-0.15, -0.1) is 0 Å². The third-order valence-electron chi connectivity index (χ3n) is 2.29. The highest BCUT2D eigenvalue weighted by atomic mass is 16.3. The summed E-state index contributed by atoms with van der Waals surface area (Å²) in [6.07, 6.45) is 4.17. The standard InChI is InChI=1S/C10H13N3O/c11-8(2-4-14)7-5-10-9(13-6-7)1-3-12-10/h1,3,5-6,8,12,14H,2,4,11H2/t8-/m0/s1. The normalized spacial score (nSPS) is 13.3. The van der Waals surface area contributed by atoms with Gasteiger partial charge in [-0.25, -0.2) is 0 Å². The minimum atomic E-state index is -0.139. The van der Waals surface area contributed by atoms with E-state index < -0.39 is 0 Å². The van der Waals surface area contributed by atoms with Gasteiger partial charge in [-0.2, -0.15) is 0 Å². The molecule has 0 aliphatic carbocycles. The van der Waals surface area contributed by atoms with Crippen LogP contribution in [0.15, 0.2) is 24.5 Å². The maximum Gasteiger partial charge on any atom is 0.0878 e. The molecule has 0 amide bonds. The van der Waals surface area contributed by atoms with Gasteiger partial charge in [0.2, 0.25) is 0 Å². The molecule has 4 nitrogen and oxygen atoms in total. The van der Waals surface area contributed by atoms with Crippen molar-refractivity contribution in [2.45, 2.75) is 12.5 Å². The van der Waals surface area contributed by atoms with Gasteiger partial charge < -0.3 is 15.8 Å². The largest absolute Gasteiger partial charge is 0.396 e. The van der Waals surface area contributed by atoms with Crippen LogP contribution < -0.4 is 5.73 Å². The Morgan fingerprint density at radius 3 is 3.21 bits per heavy atom. The van der Waals surface area contributed by atoms with E-state index in [0.717, 1.165) is 16.6 Å². The molecule has 2 aromatic heterocycles. The Bertz CT molecular complexity index is 424. The molecule has 2 heterocycles. The average molecular weight is 191 g/mol. The monoisotopic (exact) mass is 191 g/mol. The Morgan fingerprint density at radius 2 is 2.43 bits per heavy atom. The molecule has 1 atom stereocenters. The first-order valence-corrected chi connectivity index (χ1v) is 4.60. The smallest absolute Gasteiger partial charge is 0.0878 e. The molecule has 0 radical (unpaired) electrons. The lowest BCUT2D eigenvalue weighted by molar-refractivity contribution is 0.276. The number of aromatic amines is 1. The van der Waals surface area contributed by atoms with Crippen molar-refractivity contribution in [1.82, 2.24) is 9.97 Å². The quantitative estimate of drug-likeness (QED) is 0.676. The molecule has 0 saturated carbocycles. The summed E-state index contributed by atoms with van der Waals surface area (Å²) >= 11 is 0. The Labute approximate surface area is 81.8 Å². The summed E-state index contributed by atoms with van der Waals surface area (Å²) in [4.78, 5) is 7.33. The summed E-state index contributed by atoms with van der Waals surface area (Å²) in [6.45, 7) is 0.101. The van der Waals surface area contributed by atoms with Gasteiger partial charge in [0.05, 0.1) is 11.0 Å². The van der Waals surface area contributed by atoms with Crippen molar-refractivity contribution in [3.05, 3.63) is 30.1 Å². The molecule has 0 aliphatic heterocycles. The van der Waals surface area contributed by atoms with Crippen LogP contribution in [0.5, 0.6) is 0 Å². The highest BCUT2D eigenvalue weighted by molar-refractivity contribution is 5.75. The molecule has 0 spiro atoms.